The maximum atomic E-state index is 12.6. The molecule has 0 unspecified atom stereocenters. The van der Waals surface area contributed by atoms with Gasteiger partial charge in [-0.05, 0) is 42.7 Å². The minimum atomic E-state index is -0.345. The number of aliphatic imine (C=N–C) groups is 1. The highest BCUT2D eigenvalue weighted by molar-refractivity contribution is 6.20. The third kappa shape index (κ3) is 2.72. The highest BCUT2D eigenvalue weighted by atomic mass is 16.2. The van der Waals surface area contributed by atoms with E-state index in [1.54, 1.807) is 0 Å². The van der Waals surface area contributed by atoms with Crippen LogP contribution in [0, 0.1) is 6.92 Å². The fourth-order valence-corrected chi connectivity index (χ4v) is 3.96. The van der Waals surface area contributed by atoms with Crippen molar-refractivity contribution in [1.82, 2.24) is 10.4 Å². The molecule has 0 saturated carbocycles. The summed E-state index contributed by atoms with van der Waals surface area (Å²) >= 11 is 0. The molecule has 2 aromatic carbocycles. The van der Waals surface area contributed by atoms with Crippen LogP contribution < -0.4 is 10.4 Å². The Balaban J connectivity index is 1.45. The average molecular weight is 356 g/mol. The van der Waals surface area contributed by atoms with Crippen LogP contribution in [0.2, 0.25) is 0 Å². The summed E-state index contributed by atoms with van der Waals surface area (Å²) in [6.07, 6.45) is 5.73. The number of aromatic nitrogens is 1. The van der Waals surface area contributed by atoms with Crippen molar-refractivity contribution < 1.29 is 4.79 Å². The number of anilines is 1. The van der Waals surface area contributed by atoms with Crippen LogP contribution in [-0.2, 0) is 12.8 Å². The molecule has 5 heteroatoms. The summed E-state index contributed by atoms with van der Waals surface area (Å²) in [7, 11) is 0. The number of hydrogen-bond acceptors (Lipinski definition) is 2. The van der Waals surface area contributed by atoms with Crippen molar-refractivity contribution in [2.45, 2.75) is 19.8 Å². The number of fused-ring (bicyclic) bond motifs is 4. The van der Waals surface area contributed by atoms with Crippen LogP contribution in [0.3, 0.4) is 0 Å². The molecule has 5 nitrogen and oxygen atoms in total. The van der Waals surface area contributed by atoms with Crippen molar-refractivity contribution >= 4 is 28.3 Å². The number of aryl methyl sites for hydroxylation is 1. The monoisotopic (exact) mass is 356 g/mol. The van der Waals surface area contributed by atoms with Crippen LogP contribution >= 0.6 is 0 Å². The standard InChI is InChI=1S/C22H20N4O/c1-14-9-10-15-11-12-26(20(15)13-14)25-22(27)24-19-8-4-7-18-21(19)16-5-2-3-6-17(16)23-18/h2-6,8-10,13,23H,7,11-12H2,1H3,(H,25,27). The van der Waals surface area contributed by atoms with E-state index in [0.717, 1.165) is 47.2 Å². The molecule has 0 fully saturated rings. The smallest absolute Gasteiger partial charge is 0.358 e. The second-order valence-corrected chi connectivity index (χ2v) is 7.08. The molecule has 134 valence electrons. The van der Waals surface area contributed by atoms with Gasteiger partial charge < -0.3 is 4.98 Å². The lowest BCUT2D eigenvalue weighted by Crippen LogP contribution is -2.40. The third-order valence-electron chi connectivity index (χ3n) is 5.23. The summed E-state index contributed by atoms with van der Waals surface area (Å²) in [5, 5.41) is 3.00. The number of hydrogen-bond donors (Lipinski definition) is 2. The van der Waals surface area contributed by atoms with Gasteiger partial charge in [0.1, 0.15) is 0 Å². The fourth-order valence-electron chi connectivity index (χ4n) is 3.96. The first kappa shape index (κ1) is 15.9. The second kappa shape index (κ2) is 6.13. The second-order valence-electron chi connectivity index (χ2n) is 7.08. The van der Waals surface area contributed by atoms with Gasteiger partial charge in [-0.3, -0.25) is 5.01 Å². The summed E-state index contributed by atoms with van der Waals surface area (Å²) in [5.74, 6) is 0. The zero-order valence-corrected chi connectivity index (χ0v) is 15.1. The van der Waals surface area contributed by atoms with Gasteiger partial charge in [0.05, 0.1) is 11.4 Å². The number of rotatable bonds is 1. The zero-order valence-electron chi connectivity index (χ0n) is 15.1. The van der Waals surface area contributed by atoms with Crippen molar-refractivity contribution in [3.05, 3.63) is 77.0 Å². The number of carbonyl (C=O) groups is 1. The van der Waals surface area contributed by atoms with E-state index < -0.39 is 0 Å². The number of urea groups is 1. The van der Waals surface area contributed by atoms with E-state index in [1.165, 1.54) is 11.1 Å². The van der Waals surface area contributed by atoms with E-state index in [4.69, 9.17) is 0 Å². The Morgan fingerprint density at radius 1 is 1.22 bits per heavy atom. The van der Waals surface area contributed by atoms with E-state index in [0.29, 0.717) is 5.71 Å². The molecule has 2 N–H and O–H groups in total. The van der Waals surface area contributed by atoms with Gasteiger partial charge in [-0.25, -0.2) is 10.2 Å². The quantitative estimate of drug-likeness (QED) is 0.691. The Bertz CT molecular complexity index is 1120. The Morgan fingerprint density at radius 3 is 3.04 bits per heavy atom. The predicted molar refractivity (Wildman–Crippen MR) is 108 cm³/mol. The number of aromatic amines is 1. The molecule has 0 saturated heterocycles. The molecule has 5 rings (SSSR count). The first-order chi connectivity index (χ1) is 13.2. The summed E-state index contributed by atoms with van der Waals surface area (Å²) in [6, 6.07) is 14.1. The Hall–Kier alpha value is -3.34. The molecule has 1 aromatic heterocycles. The van der Waals surface area contributed by atoms with Gasteiger partial charge >= 0.3 is 6.03 Å². The topological polar surface area (TPSA) is 60.5 Å². The van der Waals surface area contributed by atoms with Crippen LogP contribution in [0.5, 0.6) is 0 Å². The number of allylic oxidation sites excluding steroid dienone is 2. The number of amides is 2. The van der Waals surface area contributed by atoms with Gasteiger partial charge in [0.15, 0.2) is 0 Å². The van der Waals surface area contributed by atoms with Crippen molar-refractivity contribution in [2.24, 2.45) is 4.99 Å². The van der Waals surface area contributed by atoms with Gasteiger partial charge in [0, 0.05) is 35.1 Å². The van der Waals surface area contributed by atoms with Gasteiger partial charge in [-0.2, -0.15) is 4.99 Å². The normalized spacial score (nSPS) is 16.6. The van der Waals surface area contributed by atoms with Gasteiger partial charge in [-0.1, -0.05) is 36.4 Å². The van der Waals surface area contributed by atoms with Crippen LogP contribution in [0.1, 0.15) is 22.4 Å². The predicted octanol–water partition coefficient (Wildman–Crippen LogP) is 4.07. The first-order valence-corrected chi connectivity index (χ1v) is 9.22. The zero-order chi connectivity index (χ0) is 18.4. The number of nitrogens with zero attached hydrogens (tertiary/aromatic N) is 2. The average Bonchev–Trinajstić information content (AvgIpc) is 3.23. The minimum absolute atomic E-state index is 0.345. The lowest BCUT2D eigenvalue weighted by molar-refractivity contribution is 0.248. The number of carbonyl (C=O) groups excluding carboxylic acids is 1. The minimum Gasteiger partial charge on any atom is -0.358 e. The SMILES string of the molecule is Cc1ccc2c(c1)N(NC(=O)N=C1C=CCc3[nH]c4ccccc4c31)CC2. The molecule has 0 spiro atoms. The van der Waals surface area contributed by atoms with Crippen molar-refractivity contribution in [2.75, 3.05) is 11.6 Å². The Morgan fingerprint density at radius 2 is 2.11 bits per heavy atom. The molecule has 27 heavy (non-hydrogen) atoms. The molecule has 2 amide bonds. The molecule has 0 bridgehead atoms. The lowest BCUT2D eigenvalue weighted by atomic mass is 9.99. The molecule has 1 aliphatic heterocycles. The molecule has 0 radical (unpaired) electrons. The van der Waals surface area contributed by atoms with Gasteiger partial charge in [0.2, 0.25) is 0 Å². The van der Waals surface area contributed by atoms with E-state index >= 15 is 0 Å². The molecule has 0 atom stereocenters. The van der Waals surface area contributed by atoms with Gasteiger partial charge in [0.25, 0.3) is 0 Å². The molecule has 2 aliphatic rings. The van der Waals surface area contributed by atoms with Crippen LogP contribution in [0.4, 0.5) is 10.5 Å². The van der Waals surface area contributed by atoms with E-state index in [-0.39, 0.29) is 6.03 Å². The number of nitrogens with one attached hydrogen (secondary N) is 2. The summed E-state index contributed by atoms with van der Waals surface area (Å²) in [4.78, 5) is 20.5. The molecular formula is C22H20N4O. The van der Waals surface area contributed by atoms with E-state index in [1.807, 2.05) is 29.3 Å². The largest absolute Gasteiger partial charge is 0.360 e. The van der Waals surface area contributed by atoms with Crippen molar-refractivity contribution in [3.8, 4) is 0 Å². The lowest BCUT2D eigenvalue weighted by Gasteiger charge is -2.19. The van der Waals surface area contributed by atoms with Crippen molar-refractivity contribution in [3.63, 3.8) is 0 Å². The van der Waals surface area contributed by atoms with Crippen molar-refractivity contribution in [1.29, 1.82) is 0 Å². The maximum absolute atomic E-state index is 12.6. The molecule has 1 aliphatic carbocycles. The van der Waals surface area contributed by atoms with E-state index in [2.05, 4.69) is 52.7 Å². The van der Waals surface area contributed by atoms with Crippen LogP contribution in [0.15, 0.2) is 59.6 Å². The molecule has 2 heterocycles. The van der Waals surface area contributed by atoms with Gasteiger partial charge in [-0.15, -0.1) is 0 Å². The van der Waals surface area contributed by atoms with E-state index in [9.17, 15) is 4.79 Å². The first-order valence-electron chi connectivity index (χ1n) is 9.22. The highest BCUT2D eigenvalue weighted by Crippen LogP contribution is 2.28. The fraction of sp³-hybridized carbons (Fsp3) is 0.182. The summed E-state index contributed by atoms with van der Waals surface area (Å²) in [6.45, 7) is 2.83. The third-order valence-corrected chi connectivity index (χ3v) is 5.23. The summed E-state index contributed by atoms with van der Waals surface area (Å²) < 4.78 is 0. The number of para-hydroxylation sites is 1. The Kier molecular flexibility index (Phi) is 3.60. The highest BCUT2D eigenvalue weighted by Gasteiger charge is 2.22. The maximum Gasteiger partial charge on any atom is 0.360 e. The summed E-state index contributed by atoms with van der Waals surface area (Å²) in [5.41, 5.74) is 10.4. The molecule has 3 aromatic rings. The Labute approximate surface area is 157 Å². The number of H-pyrrole nitrogens is 1. The number of benzene rings is 2. The van der Waals surface area contributed by atoms with Crippen LogP contribution in [-0.4, -0.2) is 23.3 Å². The molecular weight excluding hydrogens is 336 g/mol. The number of hydrazine groups is 1. The van der Waals surface area contributed by atoms with Crippen LogP contribution in [0.25, 0.3) is 10.9 Å².